The Morgan fingerprint density at radius 1 is 0.920 bits per heavy atom. The van der Waals surface area contributed by atoms with Crippen LogP contribution in [0.4, 0.5) is 4.39 Å². The Balaban J connectivity index is 2.46. The summed E-state index contributed by atoms with van der Waals surface area (Å²) in [7, 11) is 2.97. The number of benzene rings is 1. The lowest BCUT2D eigenvalue weighted by atomic mass is 9.91. The van der Waals surface area contributed by atoms with Gasteiger partial charge in [0, 0.05) is 20.1 Å². The van der Waals surface area contributed by atoms with Crippen LogP contribution in [0.1, 0.15) is 70.3 Å². The van der Waals surface area contributed by atoms with E-state index in [2.05, 4.69) is 6.92 Å². The van der Waals surface area contributed by atoms with Gasteiger partial charge in [-0.3, -0.25) is 0 Å². The van der Waals surface area contributed by atoms with E-state index in [4.69, 9.17) is 9.47 Å². The van der Waals surface area contributed by atoms with Gasteiger partial charge in [-0.05, 0) is 43.4 Å². The van der Waals surface area contributed by atoms with Gasteiger partial charge < -0.3 is 14.6 Å². The molecule has 1 unspecified atom stereocenters. The van der Waals surface area contributed by atoms with Gasteiger partial charge in [0.1, 0.15) is 5.82 Å². The van der Waals surface area contributed by atoms with E-state index in [0.29, 0.717) is 0 Å². The van der Waals surface area contributed by atoms with E-state index in [9.17, 15) is 9.50 Å². The maximum Gasteiger partial charge on any atom is 0.282 e. The van der Waals surface area contributed by atoms with Crippen LogP contribution >= 0.6 is 0 Å². The number of aliphatic hydroxyl groups is 1. The zero-order chi connectivity index (χ0) is 18.5. The molecular weight excluding hydrogens is 319 g/mol. The third-order valence-electron chi connectivity index (χ3n) is 4.94. The van der Waals surface area contributed by atoms with Crippen molar-refractivity contribution in [2.45, 2.75) is 77.1 Å². The Morgan fingerprint density at radius 3 is 2.08 bits per heavy atom. The van der Waals surface area contributed by atoms with Crippen LogP contribution in [0.15, 0.2) is 24.3 Å². The highest BCUT2D eigenvalue weighted by Crippen LogP contribution is 2.30. The molecule has 0 saturated carbocycles. The Morgan fingerprint density at radius 2 is 1.48 bits per heavy atom. The number of unbranched alkanes of at least 4 members (excludes halogenated alkanes) is 5. The summed E-state index contributed by atoms with van der Waals surface area (Å²) in [6.45, 7) is 2.22. The summed E-state index contributed by atoms with van der Waals surface area (Å²) < 4.78 is 23.5. The molecule has 1 aromatic rings. The molecule has 0 aliphatic carbocycles. The first-order valence-corrected chi connectivity index (χ1v) is 9.62. The third-order valence-corrected chi connectivity index (χ3v) is 4.94. The fourth-order valence-electron chi connectivity index (χ4n) is 3.30. The zero-order valence-electron chi connectivity index (χ0n) is 16.1. The van der Waals surface area contributed by atoms with Crippen molar-refractivity contribution in [2.24, 2.45) is 5.92 Å². The first-order valence-electron chi connectivity index (χ1n) is 9.62. The summed E-state index contributed by atoms with van der Waals surface area (Å²) in [5.41, 5.74) is 1.11. The van der Waals surface area contributed by atoms with Crippen LogP contribution in [-0.4, -0.2) is 25.3 Å². The van der Waals surface area contributed by atoms with E-state index >= 15 is 0 Å². The zero-order valence-corrected chi connectivity index (χ0v) is 16.1. The fraction of sp³-hybridized carbons (Fsp3) is 0.714. The van der Waals surface area contributed by atoms with E-state index in [-0.39, 0.29) is 11.7 Å². The molecule has 1 rings (SSSR count). The van der Waals surface area contributed by atoms with Crippen molar-refractivity contribution in [3.63, 3.8) is 0 Å². The highest BCUT2D eigenvalue weighted by Gasteiger charge is 2.36. The quantitative estimate of drug-likeness (QED) is 0.356. The van der Waals surface area contributed by atoms with Crippen LogP contribution in [0.3, 0.4) is 0 Å². The van der Waals surface area contributed by atoms with Gasteiger partial charge in [0.05, 0.1) is 0 Å². The molecule has 4 heteroatoms. The second-order valence-electron chi connectivity index (χ2n) is 6.81. The molecular formula is C21H35FO3. The van der Waals surface area contributed by atoms with Crippen molar-refractivity contribution in [1.82, 2.24) is 0 Å². The van der Waals surface area contributed by atoms with Crippen molar-refractivity contribution < 1.29 is 19.0 Å². The van der Waals surface area contributed by atoms with E-state index in [1.165, 1.54) is 58.5 Å². The van der Waals surface area contributed by atoms with Gasteiger partial charge in [-0.15, -0.1) is 0 Å². The lowest BCUT2D eigenvalue weighted by Gasteiger charge is -2.33. The van der Waals surface area contributed by atoms with Gasteiger partial charge in [-0.25, -0.2) is 4.39 Å². The van der Waals surface area contributed by atoms with Crippen LogP contribution in [-0.2, 0) is 15.9 Å². The average Bonchev–Trinajstić information content (AvgIpc) is 2.64. The second kappa shape index (κ2) is 12.4. The molecule has 0 aromatic heterocycles. The maximum atomic E-state index is 13.0. The molecule has 0 fully saturated rings. The van der Waals surface area contributed by atoms with Crippen molar-refractivity contribution >= 4 is 0 Å². The topological polar surface area (TPSA) is 38.7 Å². The fourth-order valence-corrected chi connectivity index (χ4v) is 3.30. The molecule has 0 amide bonds. The molecule has 0 spiro atoms. The Bertz CT molecular complexity index is 443. The summed E-state index contributed by atoms with van der Waals surface area (Å²) in [6.07, 6.45) is 10.8. The molecule has 1 atom stereocenters. The summed E-state index contributed by atoms with van der Waals surface area (Å²) in [5, 5.41) is 10.6. The number of ether oxygens (including phenoxy) is 2. The number of methoxy groups -OCH3 is 2. The normalized spacial score (nSPS) is 13.2. The number of halogens is 1. The van der Waals surface area contributed by atoms with E-state index < -0.39 is 5.97 Å². The van der Waals surface area contributed by atoms with Crippen molar-refractivity contribution in [1.29, 1.82) is 0 Å². The first-order chi connectivity index (χ1) is 12.1. The van der Waals surface area contributed by atoms with Gasteiger partial charge in [0.2, 0.25) is 0 Å². The Labute approximate surface area is 152 Å². The van der Waals surface area contributed by atoms with Gasteiger partial charge >= 0.3 is 0 Å². The standard InChI is InChI=1S/C21H35FO3/c1-4-5-6-7-8-9-12-19(21(23,24-2)25-3)13-10-11-18-14-16-20(22)17-15-18/h14-17,19,23H,4-13H2,1-3H3. The summed E-state index contributed by atoms with van der Waals surface area (Å²) in [5.74, 6) is -1.79. The second-order valence-corrected chi connectivity index (χ2v) is 6.81. The molecule has 0 heterocycles. The molecule has 144 valence electrons. The highest BCUT2D eigenvalue weighted by molar-refractivity contribution is 5.15. The minimum Gasteiger partial charge on any atom is -0.343 e. The van der Waals surface area contributed by atoms with E-state index in [1.807, 2.05) is 12.1 Å². The third kappa shape index (κ3) is 8.30. The highest BCUT2D eigenvalue weighted by atomic mass is 19.1. The van der Waals surface area contributed by atoms with Crippen LogP contribution in [0.5, 0.6) is 0 Å². The van der Waals surface area contributed by atoms with Crippen molar-refractivity contribution in [3.8, 4) is 0 Å². The van der Waals surface area contributed by atoms with Crippen LogP contribution in [0.2, 0.25) is 0 Å². The number of rotatable bonds is 14. The molecule has 0 bridgehead atoms. The number of hydrogen-bond donors (Lipinski definition) is 1. The monoisotopic (exact) mass is 354 g/mol. The maximum absolute atomic E-state index is 13.0. The summed E-state index contributed by atoms with van der Waals surface area (Å²) in [4.78, 5) is 0. The van der Waals surface area contributed by atoms with Crippen molar-refractivity contribution in [2.75, 3.05) is 14.2 Å². The predicted octanol–water partition coefficient (Wildman–Crippen LogP) is 5.45. The van der Waals surface area contributed by atoms with Crippen LogP contribution in [0.25, 0.3) is 0 Å². The lowest BCUT2D eigenvalue weighted by Crippen LogP contribution is -2.42. The van der Waals surface area contributed by atoms with Crippen LogP contribution < -0.4 is 0 Å². The molecule has 3 nitrogen and oxygen atoms in total. The lowest BCUT2D eigenvalue weighted by molar-refractivity contribution is -0.369. The Kier molecular flexibility index (Phi) is 10.9. The molecule has 0 radical (unpaired) electrons. The summed E-state index contributed by atoms with van der Waals surface area (Å²) >= 11 is 0. The number of aryl methyl sites for hydroxylation is 1. The molecule has 1 aromatic carbocycles. The predicted molar refractivity (Wildman–Crippen MR) is 99.8 cm³/mol. The van der Waals surface area contributed by atoms with E-state index in [0.717, 1.165) is 37.7 Å². The first kappa shape index (κ1) is 22.1. The minimum atomic E-state index is -1.52. The SMILES string of the molecule is CCCCCCCCC(CCCc1ccc(F)cc1)C(O)(OC)OC. The van der Waals surface area contributed by atoms with E-state index in [1.54, 1.807) is 0 Å². The Hall–Kier alpha value is -0.970. The van der Waals surface area contributed by atoms with Gasteiger partial charge in [-0.2, -0.15) is 0 Å². The van der Waals surface area contributed by atoms with Crippen molar-refractivity contribution in [3.05, 3.63) is 35.6 Å². The molecule has 0 aliphatic heterocycles. The summed E-state index contributed by atoms with van der Waals surface area (Å²) in [6, 6.07) is 6.61. The minimum absolute atomic E-state index is 0.0610. The van der Waals surface area contributed by atoms with Gasteiger partial charge in [-0.1, -0.05) is 57.6 Å². The molecule has 0 aliphatic rings. The largest absolute Gasteiger partial charge is 0.343 e. The van der Waals surface area contributed by atoms with Gasteiger partial charge in [0.25, 0.3) is 5.97 Å². The smallest absolute Gasteiger partial charge is 0.282 e. The van der Waals surface area contributed by atoms with Gasteiger partial charge in [0.15, 0.2) is 0 Å². The molecule has 0 saturated heterocycles. The average molecular weight is 355 g/mol. The molecule has 25 heavy (non-hydrogen) atoms. The molecule has 1 N–H and O–H groups in total. The number of hydrogen-bond acceptors (Lipinski definition) is 3. The van der Waals surface area contributed by atoms with Crippen LogP contribution in [0, 0.1) is 11.7 Å².